The van der Waals surface area contributed by atoms with Crippen LogP contribution in [0.5, 0.6) is 0 Å². The Balaban J connectivity index is 0.000000190. The van der Waals surface area contributed by atoms with E-state index >= 15 is 0 Å². The average Bonchev–Trinajstić information content (AvgIpc) is 3.48. The van der Waals surface area contributed by atoms with E-state index in [9.17, 15) is 0 Å². The molecule has 2 aromatic carbocycles. The van der Waals surface area contributed by atoms with Crippen LogP contribution in [0, 0.1) is 19.1 Å². The number of hydrogen-bond acceptors (Lipinski definition) is 4. The molecule has 1 aliphatic carbocycles. The molecular formula is C43H49IrN3OSi-2. The SMILES string of the molecule is CCC(C)(CC)c1ccnc(-c2[c-]cc3oc4nc(C)ccc4c3c2)c1.C[Si](C)(C)c1cnc(-c2[c-]cccc2)cc1C1CCCCC1.[Ir]. The van der Waals surface area contributed by atoms with Crippen LogP contribution in [-0.4, -0.2) is 23.0 Å². The molecule has 0 spiro atoms. The van der Waals surface area contributed by atoms with E-state index in [4.69, 9.17) is 9.40 Å². The maximum absolute atomic E-state index is 5.87. The fourth-order valence-electron chi connectivity index (χ4n) is 7.00. The molecule has 0 aliphatic heterocycles. The van der Waals surface area contributed by atoms with Crippen molar-refractivity contribution in [2.75, 3.05) is 0 Å². The van der Waals surface area contributed by atoms with Gasteiger partial charge in [0.1, 0.15) is 0 Å². The maximum atomic E-state index is 5.87. The summed E-state index contributed by atoms with van der Waals surface area (Å²) in [7, 11) is -1.36. The van der Waals surface area contributed by atoms with E-state index in [2.05, 4.69) is 111 Å². The molecule has 6 aromatic rings. The summed E-state index contributed by atoms with van der Waals surface area (Å²) in [5.74, 6) is 0.737. The Morgan fingerprint density at radius 1 is 0.857 bits per heavy atom. The second-order valence-electron chi connectivity index (χ2n) is 14.7. The number of benzene rings is 2. The Hall–Kier alpha value is -3.44. The molecule has 4 aromatic heterocycles. The minimum Gasteiger partial charge on any atom is -0.486 e. The van der Waals surface area contributed by atoms with Crippen molar-refractivity contribution in [3.63, 3.8) is 0 Å². The van der Waals surface area contributed by atoms with E-state index in [1.165, 1.54) is 37.7 Å². The summed E-state index contributed by atoms with van der Waals surface area (Å²) >= 11 is 0. The molecule has 0 unspecified atom stereocenters. The largest absolute Gasteiger partial charge is 0.486 e. The van der Waals surface area contributed by atoms with Crippen molar-refractivity contribution in [1.82, 2.24) is 15.0 Å². The van der Waals surface area contributed by atoms with Gasteiger partial charge in [-0.15, -0.1) is 59.7 Å². The van der Waals surface area contributed by atoms with Gasteiger partial charge in [0.15, 0.2) is 0 Å². The quantitative estimate of drug-likeness (QED) is 0.119. The van der Waals surface area contributed by atoms with E-state index in [1.54, 1.807) is 10.8 Å². The molecule has 257 valence electrons. The molecule has 1 saturated carbocycles. The number of nitrogens with zero attached hydrogens (tertiary/aromatic N) is 3. The van der Waals surface area contributed by atoms with Crippen LogP contribution in [0.2, 0.25) is 19.6 Å². The van der Waals surface area contributed by atoms with Crippen molar-refractivity contribution < 1.29 is 24.5 Å². The number of pyridine rings is 3. The summed E-state index contributed by atoms with van der Waals surface area (Å²) < 4.78 is 5.87. The van der Waals surface area contributed by atoms with E-state index in [1.807, 2.05) is 37.4 Å². The molecule has 1 fully saturated rings. The van der Waals surface area contributed by atoms with Crippen LogP contribution in [0.1, 0.15) is 88.5 Å². The number of fused-ring (bicyclic) bond motifs is 3. The monoisotopic (exact) mass is 844 g/mol. The molecule has 7 rings (SSSR count). The molecule has 4 nitrogen and oxygen atoms in total. The summed E-state index contributed by atoms with van der Waals surface area (Å²) in [6.45, 7) is 16.1. The predicted octanol–water partition coefficient (Wildman–Crippen LogP) is 11.4. The van der Waals surface area contributed by atoms with Crippen molar-refractivity contribution in [1.29, 1.82) is 0 Å². The van der Waals surface area contributed by atoms with Crippen LogP contribution in [0.3, 0.4) is 0 Å². The van der Waals surface area contributed by atoms with E-state index in [-0.39, 0.29) is 25.5 Å². The van der Waals surface area contributed by atoms with Crippen LogP contribution >= 0.6 is 0 Å². The molecule has 0 bridgehead atoms. The minimum absolute atomic E-state index is 0. The Bertz CT molecular complexity index is 2000. The van der Waals surface area contributed by atoms with Gasteiger partial charge in [0.25, 0.3) is 0 Å². The topological polar surface area (TPSA) is 51.8 Å². The van der Waals surface area contributed by atoms with Gasteiger partial charge in [0.2, 0.25) is 5.71 Å². The number of aryl methyl sites for hydroxylation is 1. The number of aromatic nitrogens is 3. The average molecular weight is 844 g/mol. The molecule has 4 heterocycles. The predicted molar refractivity (Wildman–Crippen MR) is 204 cm³/mol. The molecular weight excluding hydrogens is 795 g/mol. The summed E-state index contributed by atoms with van der Waals surface area (Å²) in [6.07, 6.45) is 13.1. The van der Waals surface area contributed by atoms with Crippen molar-refractivity contribution in [2.24, 2.45) is 0 Å². The van der Waals surface area contributed by atoms with Crippen LogP contribution in [-0.2, 0) is 25.5 Å². The standard InChI is InChI=1S/C23H23N2O.C20H26NSi.Ir/c1-5-23(4,6-2)17-11-12-24-20(14-17)16-8-10-21-19(13-16)18-9-7-15(3)25-22(18)26-21;1-22(2,3)20-15-21-19(17-12-8-5-9-13-17)14-18(20)16-10-6-4-7-11-16;/h7,9-14H,5-6H2,1-4H3;5,8-9,12,14-16H,4,6-7,10-11H2,1-3H3;/q2*-1;. The van der Waals surface area contributed by atoms with Crippen molar-refractivity contribution in [3.8, 4) is 22.5 Å². The first-order valence-corrected chi connectivity index (χ1v) is 21.3. The van der Waals surface area contributed by atoms with Crippen LogP contribution < -0.4 is 5.19 Å². The summed E-state index contributed by atoms with van der Waals surface area (Å²) in [5, 5.41) is 3.64. The molecule has 1 radical (unpaired) electrons. The molecule has 0 atom stereocenters. The van der Waals surface area contributed by atoms with Crippen LogP contribution in [0.15, 0.2) is 83.5 Å². The number of hydrogen-bond donors (Lipinski definition) is 0. The molecule has 1 aliphatic rings. The third kappa shape index (κ3) is 8.14. The number of furan rings is 1. The third-order valence-corrected chi connectivity index (χ3v) is 12.5. The van der Waals surface area contributed by atoms with Gasteiger partial charge < -0.3 is 14.4 Å². The van der Waals surface area contributed by atoms with Gasteiger partial charge in [-0.3, -0.25) is 0 Å². The smallest absolute Gasteiger partial charge is 0.216 e. The maximum Gasteiger partial charge on any atom is 0.216 e. The second-order valence-corrected chi connectivity index (χ2v) is 19.8. The Kier molecular flexibility index (Phi) is 11.7. The van der Waals surface area contributed by atoms with Gasteiger partial charge in [-0.25, -0.2) is 4.98 Å². The van der Waals surface area contributed by atoms with Gasteiger partial charge in [-0.2, -0.15) is 0 Å². The molecule has 6 heteroatoms. The van der Waals surface area contributed by atoms with Crippen molar-refractivity contribution >= 4 is 35.3 Å². The van der Waals surface area contributed by atoms with Gasteiger partial charge in [0, 0.05) is 43.6 Å². The summed E-state index contributed by atoms with van der Waals surface area (Å²) in [6, 6.07) is 29.6. The van der Waals surface area contributed by atoms with Crippen LogP contribution in [0.25, 0.3) is 44.6 Å². The van der Waals surface area contributed by atoms with Gasteiger partial charge in [-0.05, 0) is 84.3 Å². The molecule has 0 N–H and O–H groups in total. The zero-order chi connectivity index (χ0) is 33.9. The second kappa shape index (κ2) is 15.6. The minimum atomic E-state index is -1.36. The van der Waals surface area contributed by atoms with Crippen molar-refractivity contribution in [2.45, 2.75) is 104 Å². The third-order valence-electron chi connectivity index (χ3n) is 10.5. The molecule has 0 saturated heterocycles. The van der Waals surface area contributed by atoms with Crippen molar-refractivity contribution in [3.05, 3.63) is 108 Å². The zero-order valence-corrected chi connectivity index (χ0v) is 33.5. The molecule has 49 heavy (non-hydrogen) atoms. The van der Waals surface area contributed by atoms with Gasteiger partial charge >= 0.3 is 0 Å². The van der Waals surface area contributed by atoms with Gasteiger partial charge in [0.05, 0.1) is 13.7 Å². The fourth-order valence-corrected chi connectivity index (χ4v) is 8.60. The first kappa shape index (κ1) is 36.8. The molecule has 0 amide bonds. The Labute approximate surface area is 307 Å². The first-order valence-electron chi connectivity index (χ1n) is 17.8. The fraction of sp³-hybridized carbons (Fsp3) is 0.372. The van der Waals surface area contributed by atoms with E-state index < -0.39 is 8.07 Å². The number of rotatable bonds is 7. The van der Waals surface area contributed by atoms with E-state index in [0.29, 0.717) is 5.71 Å². The van der Waals surface area contributed by atoms with Gasteiger partial charge in [-0.1, -0.05) is 82.8 Å². The normalized spacial score (nSPS) is 13.9. The Morgan fingerprint density at radius 3 is 2.31 bits per heavy atom. The Morgan fingerprint density at radius 2 is 1.61 bits per heavy atom. The summed E-state index contributed by atoms with van der Waals surface area (Å²) in [4.78, 5) is 13.9. The first-order chi connectivity index (χ1) is 23.1. The van der Waals surface area contributed by atoms with E-state index in [0.717, 1.165) is 63.3 Å². The zero-order valence-electron chi connectivity index (χ0n) is 30.1. The summed E-state index contributed by atoms with van der Waals surface area (Å²) in [5.41, 5.74) is 9.66. The van der Waals surface area contributed by atoms with Crippen LogP contribution in [0.4, 0.5) is 0 Å².